The Balaban J connectivity index is 1.84. The van der Waals surface area contributed by atoms with E-state index >= 15 is 0 Å². The maximum atomic E-state index is 5.68. The minimum absolute atomic E-state index is 0.199. The molecule has 1 heterocycles. The second-order valence-corrected chi connectivity index (χ2v) is 7.55. The SMILES string of the molecule is CN(CC1CC1)CC1(CNC(C)(C)C)CCOC1. The maximum Gasteiger partial charge on any atom is 0.0547 e. The van der Waals surface area contributed by atoms with E-state index in [9.17, 15) is 0 Å². The highest BCUT2D eigenvalue weighted by atomic mass is 16.5. The first-order chi connectivity index (χ1) is 8.39. The molecular formula is C15H30N2O. The summed E-state index contributed by atoms with van der Waals surface area (Å²) >= 11 is 0. The van der Waals surface area contributed by atoms with Crippen LogP contribution in [0.5, 0.6) is 0 Å². The molecule has 106 valence electrons. The van der Waals surface area contributed by atoms with Gasteiger partial charge in [0.1, 0.15) is 0 Å². The van der Waals surface area contributed by atoms with Crippen LogP contribution in [-0.2, 0) is 4.74 Å². The molecule has 1 N–H and O–H groups in total. The highest BCUT2D eigenvalue weighted by Gasteiger charge is 2.37. The van der Waals surface area contributed by atoms with Gasteiger partial charge in [-0.15, -0.1) is 0 Å². The van der Waals surface area contributed by atoms with E-state index in [1.807, 2.05) is 0 Å². The van der Waals surface area contributed by atoms with Gasteiger partial charge in [-0.2, -0.15) is 0 Å². The van der Waals surface area contributed by atoms with Crippen molar-refractivity contribution < 1.29 is 4.74 Å². The van der Waals surface area contributed by atoms with Gasteiger partial charge in [-0.1, -0.05) is 0 Å². The Morgan fingerprint density at radius 1 is 1.33 bits per heavy atom. The summed E-state index contributed by atoms with van der Waals surface area (Å²) in [5.74, 6) is 0.977. The number of hydrogen-bond acceptors (Lipinski definition) is 3. The van der Waals surface area contributed by atoms with Crippen molar-refractivity contribution in [3.05, 3.63) is 0 Å². The van der Waals surface area contributed by atoms with Crippen LogP contribution in [0.1, 0.15) is 40.0 Å². The van der Waals surface area contributed by atoms with Crippen LogP contribution in [0.2, 0.25) is 0 Å². The molecule has 2 rings (SSSR count). The molecule has 3 heteroatoms. The summed E-state index contributed by atoms with van der Waals surface area (Å²) in [5.41, 5.74) is 0.529. The zero-order chi connectivity index (χ0) is 13.2. The van der Waals surface area contributed by atoms with Crippen LogP contribution in [0.4, 0.5) is 0 Å². The Kier molecular flexibility index (Phi) is 4.35. The quantitative estimate of drug-likeness (QED) is 0.786. The summed E-state index contributed by atoms with van der Waals surface area (Å²) in [7, 11) is 2.27. The molecule has 1 aliphatic heterocycles. The van der Waals surface area contributed by atoms with Crippen molar-refractivity contribution in [2.45, 2.75) is 45.6 Å². The zero-order valence-corrected chi connectivity index (χ0v) is 12.6. The molecule has 2 fully saturated rings. The summed E-state index contributed by atoms with van der Waals surface area (Å²) in [5, 5.41) is 3.67. The Bertz CT molecular complexity index is 262. The van der Waals surface area contributed by atoms with E-state index in [1.54, 1.807) is 0 Å². The van der Waals surface area contributed by atoms with Gasteiger partial charge >= 0.3 is 0 Å². The normalized spacial score (nSPS) is 29.2. The van der Waals surface area contributed by atoms with Crippen LogP contribution in [0, 0.1) is 11.3 Å². The maximum absolute atomic E-state index is 5.68. The van der Waals surface area contributed by atoms with E-state index in [2.05, 4.69) is 38.0 Å². The summed E-state index contributed by atoms with van der Waals surface area (Å²) in [6, 6.07) is 0. The van der Waals surface area contributed by atoms with Crippen molar-refractivity contribution in [3.63, 3.8) is 0 Å². The Labute approximate surface area is 112 Å². The van der Waals surface area contributed by atoms with Gasteiger partial charge in [0.15, 0.2) is 0 Å². The molecular weight excluding hydrogens is 224 g/mol. The van der Waals surface area contributed by atoms with Gasteiger partial charge in [0, 0.05) is 37.2 Å². The Morgan fingerprint density at radius 3 is 2.56 bits per heavy atom. The molecule has 3 nitrogen and oxygen atoms in total. The standard InChI is InChI=1S/C15H30N2O/c1-14(2,3)16-10-15(7-8-18-12-15)11-17(4)9-13-5-6-13/h13,16H,5-12H2,1-4H3. The predicted molar refractivity (Wildman–Crippen MR) is 75.8 cm³/mol. The van der Waals surface area contributed by atoms with Crippen LogP contribution < -0.4 is 5.32 Å². The van der Waals surface area contributed by atoms with Gasteiger partial charge in [0.25, 0.3) is 0 Å². The van der Waals surface area contributed by atoms with E-state index in [4.69, 9.17) is 4.74 Å². The fourth-order valence-electron chi connectivity index (χ4n) is 2.80. The number of nitrogens with one attached hydrogen (secondary N) is 1. The molecule has 0 aromatic rings. The minimum Gasteiger partial charge on any atom is -0.381 e. The summed E-state index contributed by atoms with van der Waals surface area (Å²) in [6.07, 6.45) is 4.08. The highest BCUT2D eigenvalue weighted by molar-refractivity contribution is 4.91. The van der Waals surface area contributed by atoms with Crippen LogP contribution in [0.3, 0.4) is 0 Å². The second kappa shape index (κ2) is 5.48. The fourth-order valence-corrected chi connectivity index (χ4v) is 2.80. The molecule has 18 heavy (non-hydrogen) atoms. The van der Waals surface area contributed by atoms with Crippen LogP contribution in [0.15, 0.2) is 0 Å². The molecule has 0 spiro atoms. The minimum atomic E-state index is 0.199. The highest BCUT2D eigenvalue weighted by Crippen LogP contribution is 2.33. The molecule has 0 aromatic heterocycles. The smallest absolute Gasteiger partial charge is 0.0547 e. The van der Waals surface area contributed by atoms with Crippen molar-refractivity contribution >= 4 is 0 Å². The molecule has 0 radical (unpaired) electrons. The van der Waals surface area contributed by atoms with Crippen LogP contribution in [-0.4, -0.2) is 50.3 Å². The largest absolute Gasteiger partial charge is 0.381 e. The lowest BCUT2D eigenvalue weighted by Crippen LogP contribution is -2.49. The monoisotopic (exact) mass is 254 g/mol. The molecule has 1 unspecified atom stereocenters. The fraction of sp³-hybridized carbons (Fsp3) is 1.00. The van der Waals surface area contributed by atoms with Gasteiger partial charge in [-0.25, -0.2) is 0 Å². The van der Waals surface area contributed by atoms with Crippen molar-refractivity contribution in [1.82, 2.24) is 10.2 Å². The van der Waals surface area contributed by atoms with Gasteiger partial charge in [0.05, 0.1) is 6.61 Å². The average Bonchev–Trinajstić information content (AvgIpc) is 2.92. The number of ether oxygens (including phenoxy) is 1. The van der Waals surface area contributed by atoms with Crippen LogP contribution in [0.25, 0.3) is 0 Å². The molecule has 1 aliphatic carbocycles. The average molecular weight is 254 g/mol. The van der Waals surface area contributed by atoms with E-state index in [0.717, 1.165) is 25.7 Å². The molecule has 1 saturated carbocycles. The van der Waals surface area contributed by atoms with Crippen molar-refractivity contribution in [2.75, 3.05) is 39.9 Å². The van der Waals surface area contributed by atoms with E-state index < -0.39 is 0 Å². The first kappa shape index (κ1) is 14.3. The van der Waals surface area contributed by atoms with Gasteiger partial charge < -0.3 is 15.0 Å². The third kappa shape index (κ3) is 4.52. The second-order valence-electron chi connectivity index (χ2n) is 7.55. The zero-order valence-electron chi connectivity index (χ0n) is 12.6. The third-order valence-electron chi connectivity index (χ3n) is 4.05. The summed E-state index contributed by atoms with van der Waals surface area (Å²) < 4.78 is 5.68. The molecule has 0 aromatic carbocycles. The van der Waals surface area contributed by atoms with Crippen molar-refractivity contribution in [3.8, 4) is 0 Å². The van der Waals surface area contributed by atoms with Gasteiger partial charge in [-0.05, 0) is 53.0 Å². The van der Waals surface area contributed by atoms with Crippen molar-refractivity contribution in [1.29, 1.82) is 0 Å². The Morgan fingerprint density at radius 2 is 2.06 bits per heavy atom. The van der Waals surface area contributed by atoms with E-state index in [-0.39, 0.29) is 5.54 Å². The van der Waals surface area contributed by atoms with Gasteiger partial charge in [-0.3, -0.25) is 0 Å². The van der Waals surface area contributed by atoms with E-state index in [0.29, 0.717) is 5.41 Å². The third-order valence-corrected chi connectivity index (χ3v) is 4.05. The lowest BCUT2D eigenvalue weighted by Gasteiger charge is -2.35. The summed E-state index contributed by atoms with van der Waals surface area (Å²) in [4.78, 5) is 2.52. The number of nitrogens with zero attached hydrogens (tertiary/aromatic N) is 1. The van der Waals surface area contributed by atoms with Crippen molar-refractivity contribution in [2.24, 2.45) is 11.3 Å². The Hall–Kier alpha value is -0.120. The first-order valence-corrected chi connectivity index (χ1v) is 7.40. The predicted octanol–water partition coefficient (Wildman–Crippen LogP) is 2.12. The number of hydrogen-bond donors (Lipinski definition) is 1. The van der Waals surface area contributed by atoms with E-state index in [1.165, 1.54) is 32.4 Å². The molecule has 2 aliphatic rings. The first-order valence-electron chi connectivity index (χ1n) is 7.40. The number of rotatable bonds is 6. The van der Waals surface area contributed by atoms with Gasteiger partial charge in [0.2, 0.25) is 0 Å². The molecule has 1 atom stereocenters. The topological polar surface area (TPSA) is 24.5 Å². The summed E-state index contributed by atoms with van der Waals surface area (Å²) in [6.45, 7) is 12.1. The molecule has 0 bridgehead atoms. The van der Waals surface area contributed by atoms with Crippen LogP contribution >= 0.6 is 0 Å². The molecule has 0 amide bonds. The lowest BCUT2D eigenvalue weighted by atomic mass is 9.85. The molecule has 1 saturated heterocycles. The lowest BCUT2D eigenvalue weighted by molar-refractivity contribution is 0.111.